The largest absolute Gasteiger partial charge is 0.484 e. The molecule has 0 saturated heterocycles. The SMILES string of the molecule is CC(C)(C)NC(=O)[C@H](Cc1ccccc1)N(Cc1ccccc1Cl)C(=O)COc1ccc(Cl)cc1. The molecule has 0 unspecified atom stereocenters. The van der Waals surface area contributed by atoms with E-state index in [1.165, 1.54) is 0 Å². The number of halogens is 2. The Kier molecular flexibility index (Phi) is 9.19. The first kappa shape index (κ1) is 26.6. The van der Waals surface area contributed by atoms with Crippen LogP contribution < -0.4 is 10.1 Å². The zero-order valence-electron chi connectivity index (χ0n) is 20.1. The lowest BCUT2D eigenvalue weighted by Crippen LogP contribution is -2.55. The van der Waals surface area contributed by atoms with Crippen LogP contribution in [0.1, 0.15) is 31.9 Å². The zero-order chi connectivity index (χ0) is 25.4. The Balaban J connectivity index is 1.93. The van der Waals surface area contributed by atoms with Crippen molar-refractivity contribution in [1.82, 2.24) is 10.2 Å². The minimum Gasteiger partial charge on any atom is -0.484 e. The summed E-state index contributed by atoms with van der Waals surface area (Å²) < 4.78 is 5.74. The highest BCUT2D eigenvalue weighted by Gasteiger charge is 2.32. The van der Waals surface area contributed by atoms with Crippen LogP contribution in [0.5, 0.6) is 5.75 Å². The van der Waals surface area contributed by atoms with Crippen molar-refractivity contribution in [3.8, 4) is 5.75 Å². The van der Waals surface area contributed by atoms with Gasteiger partial charge >= 0.3 is 0 Å². The molecule has 0 bridgehead atoms. The van der Waals surface area contributed by atoms with Crippen LogP contribution in [0.25, 0.3) is 0 Å². The normalized spacial score (nSPS) is 12.0. The molecule has 5 nitrogen and oxygen atoms in total. The minimum atomic E-state index is -0.769. The summed E-state index contributed by atoms with van der Waals surface area (Å²) in [6, 6.07) is 22.9. The summed E-state index contributed by atoms with van der Waals surface area (Å²) in [4.78, 5) is 28.6. The van der Waals surface area contributed by atoms with Crippen molar-refractivity contribution >= 4 is 35.0 Å². The van der Waals surface area contributed by atoms with Gasteiger partial charge in [0.2, 0.25) is 5.91 Å². The first-order valence-corrected chi connectivity index (χ1v) is 12.1. The molecule has 184 valence electrons. The van der Waals surface area contributed by atoms with Crippen molar-refractivity contribution in [3.05, 3.63) is 100 Å². The lowest BCUT2D eigenvalue weighted by molar-refractivity contribution is -0.143. The fraction of sp³-hybridized carbons (Fsp3) is 0.286. The molecule has 0 heterocycles. The van der Waals surface area contributed by atoms with Gasteiger partial charge < -0.3 is 15.0 Å². The summed E-state index contributed by atoms with van der Waals surface area (Å²) in [7, 11) is 0. The van der Waals surface area contributed by atoms with Crippen LogP contribution in [-0.4, -0.2) is 34.9 Å². The summed E-state index contributed by atoms with van der Waals surface area (Å²) in [5.41, 5.74) is 1.22. The highest BCUT2D eigenvalue weighted by molar-refractivity contribution is 6.31. The molecule has 0 radical (unpaired) electrons. The Hall–Kier alpha value is -3.02. The fourth-order valence-electron chi connectivity index (χ4n) is 3.58. The maximum atomic E-state index is 13.6. The number of hydrogen-bond donors (Lipinski definition) is 1. The van der Waals surface area contributed by atoms with Gasteiger partial charge in [0.1, 0.15) is 11.8 Å². The fourth-order valence-corrected chi connectivity index (χ4v) is 3.90. The molecule has 1 atom stereocenters. The second kappa shape index (κ2) is 12.1. The van der Waals surface area contributed by atoms with E-state index in [1.54, 1.807) is 35.2 Å². The maximum absolute atomic E-state index is 13.6. The second-order valence-electron chi connectivity index (χ2n) is 9.30. The van der Waals surface area contributed by atoms with Crippen LogP contribution in [0, 0.1) is 0 Å². The Labute approximate surface area is 217 Å². The lowest BCUT2D eigenvalue weighted by atomic mass is 10.0. The molecule has 0 aliphatic rings. The minimum absolute atomic E-state index is 0.164. The van der Waals surface area contributed by atoms with Gasteiger partial charge in [0, 0.05) is 28.5 Å². The number of rotatable bonds is 9. The van der Waals surface area contributed by atoms with Crippen molar-refractivity contribution in [3.63, 3.8) is 0 Å². The van der Waals surface area contributed by atoms with Crippen LogP contribution in [0.15, 0.2) is 78.9 Å². The first-order chi connectivity index (χ1) is 16.6. The molecule has 0 saturated carbocycles. The number of carbonyl (C=O) groups excluding carboxylic acids is 2. The summed E-state index contributed by atoms with van der Waals surface area (Å²) in [6.45, 7) is 5.66. The van der Waals surface area contributed by atoms with Gasteiger partial charge in [0.25, 0.3) is 5.91 Å². The van der Waals surface area contributed by atoms with E-state index in [9.17, 15) is 9.59 Å². The number of nitrogens with zero attached hydrogens (tertiary/aromatic N) is 1. The number of carbonyl (C=O) groups is 2. The predicted molar refractivity (Wildman–Crippen MR) is 141 cm³/mol. The van der Waals surface area contributed by atoms with Gasteiger partial charge in [-0.15, -0.1) is 0 Å². The Morgan fingerprint density at radius 1 is 0.914 bits per heavy atom. The van der Waals surface area contributed by atoms with Crippen LogP contribution in [0.4, 0.5) is 0 Å². The molecule has 3 rings (SSSR count). The number of amides is 2. The van der Waals surface area contributed by atoms with E-state index < -0.39 is 11.6 Å². The lowest BCUT2D eigenvalue weighted by Gasteiger charge is -2.34. The van der Waals surface area contributed by atoms with E-state index in [1.807, 2.05) is 69.3 Å². The van der Waals surface area contributed by atoms with E-state index >= 15 is 0 Å². The number of benzene rings is 3. The quantitative estimate of drug-likeness (QED) is 0.386. The van der Waals surface area contributed by atoms with E-state index in [4.69, 9.17) is 27.9 Å². The van der Waals surface area contributed by atoms with Gasteiger partial charge in [-0.2, -0.15) is 0 Å². The van der Waals surface area contributed by atoms with E-state index in [0.717, 1.165) is 11.1 Å². The molecule has 0 spiro atoms. The van der Waals surface area contributed by atoms with Gasteiger partial charge in [-0.1, -0.05) is 71.7 Å². The zero-order valence-corrected chi connectivity index (χ0v) is 21.6. The molecule has 0 aliphatic heterocycles. The monoisotopic (exact) mass is 512 g/mol. The van der Waals surface area contributed by atoms with Crippen molar-refractivity contribution < 1.29 is 14.3 Å². The average Bonchev–Trinajstić information content (AvgIpc) is 2.81. The van der Waals surface area contributed by atoms with Crippen molar-refractivity contribution in [2.75, 3.05) is 6.61 Å². The highest BCUT2D eigenvalue weighted by atomic mass is 35.5. The van der Waals surface area contributed by atoms with Crippen molar-refractivity contribution in [2.24, 2.45) is 0 Å². The summed E-state index contributed by atoms with van der Waals surface area (Å²) >= 11 is 12.4. The average molecular weight is 513 g/mol. The van der Waals surface area contributed by atoms with E-state index in [-0.39, 0.29) is 25.0 Å². The molecule has 7 heteroatoms. The first-order valence-electron chi connectivity index (χ1n) is 11.4. The van der Waals surface area contributed by atoms with Crippen molar-refractivity contribution in [1.29, 1.82) is 0 Å². The van der Waals surface area contributed by atoms with Crippen LogP contribution in [-0.2, 0) is 22.6 Å². The molecule has 3 aromatic carbocycles. The molecule has 0 fully saturated rings. The Morgan fingerprint density at radius 3 is 2.17 bits per heavy atom. The maximum Gasteiger partial charge on any atom is 0.261 e. The van der Waals surface area contributed by atoms with E-state index in [0.29, 0.717) is 22.2 Å². The van der Waals surface area contributed by atoms with Gasteiger partial charge in [0.15, 0.2) is 6.61 Å². The molecule has 0 aromatic heterocycles. The van der Waals surface area contributed by atoms with Crippen LogP contribution in [0.2, 0.25) is 10.0 Å². The molecule has 3 aromatic rings. The summed E-state index contributed by atoms with van der Waals surface area (Å²) in [6.07, 6.45) is 0.347. The number of ether oxygens (including phenoxy) is 1. The van der Waals surface area contributed by atoms with Crippen LogP contribution in [0.3, 0.4) is 0 Å². The number of hydrogen-bond acceptors (Lipinski definition) is 3. The van der Waals surface area contributed by atoms with Gasteiger partial charge in [0.05, 0.1) is 0 Å². The predicted octanol–water partition coefficient (Wildman–Crippen LogP) is 5.93. The van der Waals surface area contributed by atoms with E-state index in [2.05, 4.69) is 5.32 Å². The van der Waals surface area contributed by atoms with Gasteiger partial charge in [-0.05, 0) is 62.2 Å². The molecule has 2 amide bonds. The van der Waals surface area contributed by atoms with Gasteiger partial charge in [-0.25, -0.2) is 0 Å². The molecular weight excluding hydrogens is 483 g/mol. The third-order valence-corrected chi connectivity index (χ3v) is 5.86. The second-order valence-corrected chi connectivity index (χ2v) is 10.1. The third-order valence-electron chi connectivity index (χ3n) is 5.24. The Morgan fingerprint density at radius 2 is 1.54 bits per heavy atom. The topological polar surface area (TPSA) is 58.6 Å². The summed E-state index contributed by atoms with van der Waals surface area (Å²) in [5.74, 6) is -0.0581. The molecular formula is C28H30Cl2N2O3. The third kappa shape index (κ3) is 8.30. The summed E-state index contributed by atoms with van der Waals surface area (Å²) in [5, 5.41) is 4.14. The number of nitrogens with one attached hydrogen (secondary N) is 1. The van der Waals surface area contributed by atoms with Gasteiger partial charge in [-0.3, -0.25) is 9.59 Å². The van der Waals surface area contributed by atoms with Crippen LogP contribution >= 0.6 is 23.2 Å². The standard InChI is InChI=1S/C28H30Cl2N2O3/c1-28(2,3)31-27(34)25(17-20-9-5-4-6-10-20)32(18-21-11-7-8-12-24(21)30)26(33)19-35-23-15-13-22(29)14-16-23/h4-16,25H,17-19H2,1-3H3,(H,31,34)/t25-/m0/s1. The highest BCUT2D eigenvalue weighted by Crippen LogP contribution is 2.22. The molecule has 35 heavy (non-hydrogen) atoms. The smallest absolute Gasteiger partial charge is 0.261 e. The molecule has 0 aliphatic carbocycles. The van der Waals surface area contributed by atoms with Crippen molar-refractivity contribution in [2.45, 2.75) is 45.3 Å². The Bertz CT molecular complexity index is 1130. The molecule has 1 N–H and O–H groups in total.